The van der Waals surface area contributed by atoms with Crippen molar-refractivity contribution in [1.82, 2.24) is 20.5 Å². The van der Waals surface area contributed by atoms with Crippen molar-refractivity contribution in [2.24, 2.45) is 0 Å². The first-order chi connectivity index (χ1) is 15.1. The summed E-state index contributed by atoms with van der Waals surface area (Å²) in [4.78, 5) is 16.5. The second-order valence-corrected chi connectivity index (χ2v) is 6.27. The Bertz CT molecular complexity index is 974. The fourth-order valence-electron chi connectivity index (χ4n) is 2.76. The quantitative estimate of drug-likeness (QED) is 0.422. The van der Waals surface area contributed by atoms with Crippen LogP contribution in [0.2, 0.25) is 0 Å². The van der Waals surface area contributed by atoms with Gasteiger partial charge in [0.1, 0.15) is 5.82 Å². The number of methoxy groups -OCH3 is 3. The van der Waals surface area contributed by atoms with Crippen LogP contribution in [-0.4, -0.2) is 55.5 Å². The van der Waals surface area contributed by atoms with Gasteiger partial charge in [-0.15, -0.1) is 10.2 Å². The fourth-order valence-corrected chi connectivity index (χ4v) is 2.76. The largest absolute Gasteiger partial charge is 0.493 e. The number of rotatable bonds is 10. The first kappa shape index (κ1) is 21.6. The van der Waals surface area contributed by atoms with Crippen LogP contribution in [0, 0.1) is 0 Å². The molecule has 10 heteroatoms. The number of anilines is 3. The molecule has 1 aromatic carbocycles. The maximum absolute atomic E-state index is 12.5. The monoisotopic (exact) mass is 424 g/mol. The number of pyridine rings is 1. The highest BCUT2D eigenvalue weighted by atomic mass is 16.5. The summed E-state index contributed by atoms with van der Waals surface area (Å²) in [7, 11) is 4.51. The van der Waals surface area contributed by atoms with Crippen LogP contribution in [0.3, 0.4) is 0 Å². The Labute approximate surface area is 180 Å². The Morgan fingerprint density at radius 1 is 0.935 bits per heavy atom. The molecule has 1 amide bonds. The molecule has 0 bridgehead atoms. The summed E-state index contributed by atoms with van der Waals surface area (Å²) in [5, 5.41) is 17.3. The molecule has 0 radical (unpaired) electrons. The van der Waals surface area contributed by atoms with Crippen LogP contribution >= 0.6 is 0 Å². The lowest BCUT2D eigenvalue weighted by molar-refractivity contribution is 0.0954. The van der Waals surface area contributed by atoms with Gasteiger partial charge in [0.05, 0.1) is 33.2 Å². The van der Waals surface area contributed by atoms with E-state index in [1.165, 1.54) is 21.3 Å². The summed E-state index contributed by atoms with van der Waals surface area (Å²) in [6, 6.07) is 10.5. The zero-order valence-electron chi connectivity index (χ0n) is 17.5. The van der Waals surface area contributed by atoms with Crippen molar-refractivity contribution in [3.8, 4) is 17.2 Å². The molecule has 3 aromatic rings. The second kappa shape index (κ2) is 10.6. The molecule has 0 saturated carbocycles. The van der Waals surface area contributed by atoms with Crippen LogP contribution in [0.5, 0.6) is 17.2 Å². The molecule has 0 spiro atoms. The molecule has 0 fully saturated rings. The number of carbonyl (C=O) groups excluding carboxylic acids is 1. The molecular formula is C21H24N6O4. The van der Waals surface area contributed by atoms with Crippen LogP contribution in [0.15, 0.2) is 48.8 Å². The van der Waals surface area contributed by atoms with E-state index in [1.54, 1.807) is 36.7 Å². The third-order valence-electron chi connectivity index (χ3n) is 4.24. The zero-order chi connectivity index (χ0) is 22.1. The smallest absolute Gasteiger partial charge is 0.251 e. The number of nitrogens with one attached hydrogen (secondary N) is 3. The lowest BCUT2D eigenvalue weighted by Gasteiger charge is -2.14. The lowest BCUT2D eigenvalue weighted by atomic mass is 10.1. The van der Waals surface area contributed by atoms with Gasteiger partial charge in [-0.3, -0.25) is 9.78 Å². The van der Waals surface area contributed by atoms with E-state index in [0.717, 1.165) is 5.69 Å². The number of hydrogen-bond acceptors (Lipinski definition) is 9. The van der Waals surface area contributed by atoms with E-state index in [-0.39, 0.29) is 5.91 Å². The van der Waals surface area contributed by atoms with Crippen molar-refractivity contribution in [2.45, 2.75) is 0 Å². The Kier molecular flexibility index (Phi) is 7.41. The van der Waals surface area contributed by atoms with Crippen molar-refractivity contribution in [3.63, 3.8) is 0 Å². The van der Waals surface area contributed by atoms with Gasteiger partial charge in [0.15, 0.2) is 17.3 Å². The maximum Gasteiger partial charge on any atom is 0.251 e. The predicted molar refractivity (Wildman–Crippen MR) is 116 cm³/mol. The van der Waals surface area contributed by atoms with Crippen molar-refractivity contribution < 1.29 is 19.0 Å². The van der Waals surface area contributed by atoms with Crippen LogP contribution < -0.4 is 30.2 Å². The van der Waals surface area contributed by atoms with Crippen molar-refractivity contribution in [2.75, 3.05) is 45.1 Å². The molecule has 3 N–H and O–H groups in total. The van der Waals surface area contributed by atoms with Gasteiger partial charge in [0.25, 0.3) is 5.91 Å². The van der Waals surface area contributed by atoms with Gasteiger partial charge < -0.3 is 30.2 Å². The molecule has 0 unspecified atom stereocenters. The first-order valence-corrected chi connectivity index (χ1v) is 9.47. The topological polar surface area (TPSA) is 120 Å². The van der Waals surface area contributed by atoms with Gasteiger partial charge in [-0.25, -0.2) is 0 Å². The van der Waals surface area contributed by atoms with Gasteiger partial charge in [-0.2, -0.15) is 0 Å². The number of carbonyl (C=O) groups is 1. The first-order valence-electron chi connectivity index (χ1n) is 9.47. The molecule has 2 aromatic heterocycles. The number of ether oxygens (including phenoxy) is 3. The van der Waals surface area contributed by atoms with Crippen LogP contribution in [0.1, 0.15) is 10.4 Å². The minimum Gasteiger partial charge on any atom is -0.493 e. The van der Waals surface area contributed by atoms with Gasteiger partial charge in [-0.05, 0) is 36.4 Å². The lowest BCUT2D eigenvalue weighted by Crippen LogP contribution is -2.29. The van der Waals surface area contributed by atoms with Gasteiger partial charge in [0.2, 0.25) is 5.75 Å². The normalized spacial score (nSPS) is 10.2. The van der Waals surface area contributed by atoms with E-state index in [9.17, 15) is 4.79 Å². The Balaban J connectivity index is 1.50. The highest BCUT2D eigenvalue weighted by Gasteiger charge is 2.16. The van der Waals surface area contributed by atoms with E-state index in [0.29, 0.717) is 47.5 Å². The highest BCUT2D eigenvalue weighted by Crippen LogP contribution is 2.38. The molecule has 0 aliphatic rings. The number of amides is 1. The number of hydrogen-bond donors (Lipinski definition) is 3. The molecular weight excluding hydrogens is 400 g/mol. The summed E-state index contributed by atoms with van der Waals surface area (Å²) in [5.41, 5.74) is 1.23. The summed E-state index contributed by atoms with van der Waals surface area (Å²) in [6.45, 7) is 0.854. The third-order valence-corrected chi connectivity index (χ3v) is 4.24. The highest BCUT2D eigenvalue weighted by molar-refractivity contribution is 5.95. The van der Waals surface area contributed by atoms with Crippen molar-refractivity contribution >= 4 is 23.2 Å². The Morgan fingerprint density at radius 2 is 1.65 bits per heavy atom. The van der Waals surface area contributed by atoms with E-state index in [1.807, 2.05) is 12.1 Å². The van der Waals surface area contributed by atoms with E-state index in [2.05, 4.69) is 31.1 Å². The molecule has 10 nitrogen and oxygen atoms in total. The summed E-state index contributed by atoms with van der Waals surface area (Å²) >= 11 is 0. The molecule has 0 aliphatic heterocycles. The second-order valence-electron chi connectivity index (χ2n) is 6.27. The van der Waals surface area contributed by atoms with Crippen molar-refractivity contribution in [1.29, 1.82) is 0 Å². The molecule has 31 heavy (non-hydrogen) atoms. The Hall–Kier alpha value is -4.08. The SMILES string of the molecule is COc1cc(C(=O)NCCNc2ccc(Nc3cccnc3)nn2)cc(OC)c1OC. The Morgan fingerprint density at radius 3 is 2.23 bits per heavy atom. The fraction of sp³-hybridized carbons (Fsp3) is 0.238. The molecule has 162 valence electrons. The predicted octanol–water partition coefficient (Wildman–Crippen LogP) is 2.48. The third kappa shape index (κ3) is 5.72. The average molecular weight is 424 g/mol. The van der Waals surface area contributed by atoms with Crippen molar-refractivity contribution in [3.05, 3.63) is 54.4 Å². The number of benzene rings is 1. The number of aromatic nitrogens is 3. The van der Waals surface area contributed by atoms with Gasteiger partial charge in [0, 0.05) is 24.8 Å². The zero-order valence-corrected chi connectivity index (χ0v) is 17.5. The minimum absolute atomic E-state index is 0.261. The molecule has 2 heterocycles. The average Bonchev–Trinajstić information content (AvgIpc) is 2.82. The number of nitrogens with zero attached hydrogens (tertiary/aromatic N) is 3. The molecule has 3 rings (SSSR count). The molecule has 0 saturated heterocycles. The van der Waals surface area contributed by atoms with Gasteiger partial charge in [-0.1, -0.05) is 0 Å². The van der Waals surface area contributed by atoms with Gasteiger partial charge >= 0.3 is 0 Å². The van der Waals surface area contributed by atoms with Crippen LogP contribution in [-0.2, 0) is 0 Å². The van der Waals surface area contributed by atoms with E-state index < -0.39 is 0 Å². The van der Waals surface area contributed by atoms with Crippen LogP contribution in [0.25, 0.3) is 0 Å². The van der Waals surface area contributed by atoms with E-state index >= 15 is 0 Å². The maximum atomic E-state index is 12.5. The summed E-state index contributed by atoms with van der Waals surface area (Å²) < 4.78 is 15.8. The standard InChI is InChI=1S/C21H24N6O4/c1-29-16-11-14(12-17(30-2)20(16)31-3)21(28)24-10-9-23-18-6-7-19(27-26-18)25-15-5-4-8-22-13-15/h4-8,11-13H,9-10H2,1-3H3,(H,23,26)(H,24,28)(H,25,27). The molecule has 0 aliphatic carbocycles. The van der Waals surface area contributed by atoms with Crippen LogP contribution in [0.4, 0.5) is 17.3 Å². The molecule has 0 atom stereocenters. The summed E-state index contributed by atoms with van der Waals surface area (Å²) in [5.74, 6) is 2.21. The summed E-state index contributed by atoms with van der Waals surface area (Å²) in [6.07, 6.45) is 3.40. The minimum atomic E-state index is -0.261. The van der Waals surface area contributed by atoms with E-state index in [4.69, 9.17) is 14.2 Å².